The molecular formula is C38H47N7O4. The van der Waals surface area contributed by atoms with Gasteiger partial charge in [-0.25, -0.2) is 4.79 Å². The third-order valence-electron chi connectivity index (χ3n) is 10.7. The molecule has 258 valence electrons. The lowest BCUT2D eigenvalue weighted by atomic mass is 9.67. The number of aromatic nitrogens is 2. The average Bonchev–Trinajstić information content (AvgIpc) is 3.75. The minimum atomic E-state index is -0.968. The van der Waals surface area contributed by atoms with Gasteiger partial charge < -0.3 is 25.4 Å². The lowest BCUT2D eigenvalue weighted by Crippen LogP contribution is -2.46. The van der Waals surface area contributed by atoms with Crippen LogP contribution < -0.4 is 21.7 Å². The van der Waals surface area contributed by atoms with Crippen molar-refractivity contribution in [1.82, 2.24) is 30.6 Å². The molecule has 3 aromatic rings. The minimum Gasteiger partial charge on any atom is -0.388 e. The first-order valence-corrected chi connectivity index (χ1v) is 17.6. The number of nitrogens with zero attached hydrogens (tertiary/aromatic N) is 4. The Labute approximate surface area is 287 Å². The highest BCUT2D eigenvalue weighted by molar-refractivity contribution is 5.94. The van der Waals surface area contributed by atoms with Crippen molar-refractivity contribution in [2.75, 3.05) is 27.2 Å². The molecule has 1 unspecified atom stereocenters. The summed E-state index contributed by atoms with van der Waals surface area (Å²) in [5.41, 5.74) is 5.40. The monoisotopic (exact) mass is 665 g/mol. The fourth-order valence-corrected chi connectivity index (χ4v) is 8.24. The standard InChI is InChI=1S/C38H47N7O4/c1-24(42-23-34(46)44-18-8-11-31(44)22-39)21-38(36-43-37(48)49-45(36)30-9-6-5-7-10-30)32-16-14-26(25(2)40-3)19-27(32)12-13-28-20-29(35(47)41-4)15-17-33(28)38/h14-17,19-20,24,30-31,40,42H,2,5-13,18,21,23H2,1,3-4H3,(H,41,47)/t24-,31+,38?/m1/s1. The van der Waals surface area contributed by atoms with Crippen LogP contribution in [-0.2, 0) is 23.1 Å². The molecule has 1 saturated heterocycles. The highest BCUT2D eigenvalue weighted by Gasteiger charge is 2.47. The molecule has 2 aromatic carbocycles. The van der Waals surface area contributed by atoms with Crippen LogP contribution in [0.3, 0.4) is 0 Å². The van der Waals surface area contributed by atoms with Crippen molar-refractivity contribution in [1.29, 1.82) is 5.26 Å². The van der Waals surface area contributed by atoms with Crippen LogP contribution in [0.2, 0.25) is 0 Å². The molecule has 0 radical (unpaired) electrons. The van der Waals surface area contributed by atoms with Crippen molar-refractivity contribution >= 4 is 17.5 Å². The second-order valence-corrected chi connectivity index (χ2v) is 13.7. The number of likely N-dealkylation sites (tertiary alicyclic amines) is 1. The van der Waals surface area contributed by atoms with E-state index in [0.717, 1.165) is 72.0 Å². The Balaban J connectivity index is 1.53. The van der Waals surface area contributed by atoms with E-state index in [-0.39, 0.29) is 30.4 Å². The smallest absolute Gasteiger partial charge is 0.388 e. The van der Waals surface area contributed by atoms with Gasteiger partial charge in [0.15, 0.2) is 5.82 Å². The molecule has 3 aliphatic rings. The largest absolute Gasteiger partial charge is 0.459 e. The molecule has 2 heterocycles. The molecule has 0 spiro atoms. The molecule has 2 amide bonds. The van der Waals surface area contributed by atoms with Crippen molar-refractivity contribution in [2.24, 2.45) is 0 Å². The van der Waals surface area contributed by atoms with Crippen LogP contribution in [0.1, 0.15) is 108 Å². The summed E-state index contributed by atoms with van der Waals surface area (Å²) in [6.07, 6.45) is 8.32. The predicted molar refractivity (Wildman–Crippen MR) is 187 cm³/mol. The lowest BCUT2D eigenvalue weighted by molar-refractivity contribution is -0.130. The summed E-state index contributed by atoms with van der Waals surface area (Å²) in [7, 11) is 3.47. The molecule has 2 aliphatic carbocycles. The molecule has 11 heteroatoms. The Hall–Kier alpha value is -4.69. The maximum Gasteiger partial charge on any atom is 0.459 e. The third kappa shape index (κ3) is 6.54. The number of benzene rings is 2. The first kappa shape index (κ1) is 34.2. The van der Waals surface area contributed by atoms with Crippen molar-refractivity contribution < 1.29 is 14.1 Å². The molecule has 0 bridgehead atoms. The SMILES string of the molecule is C=C(NC)c1ccc2c(c1)CCc1cc(C(=O)NC)ccc1C2(C[C@@H](C)NCC(=O)N1CCC[C@H]1C#N)c1nc(=O)on1C1CCCCC1. The van der Waals surface area contributed by atoms with Crippen LogP contribution in [-0.4, -0.2) is 65.7 Å². The van der Waals surface area contributed by atoms with Crippen molar-refractivity contribution in [2.45, 2.75) is 94.7 Å². The lowest BCUT2D eigenvalue weighted by Gasteiger charge is -2.39. The van der Waals surface area contributed by atoms with Gasteiger partial charge in [-0.15, -0.1) is 0 Å². The fourth-order valence-electron chi connectivity index (χ4n) is 8.24. The van der Waals surface area contributed by atoms with Gasteiger partial charge in [-0.05, 0) is 97.9 Å². The van der Waals surface area contributed by atoms with E-state index in [9.17, 15) is 19.6 Å². The highest BCUT2D eigenvalue weighted by atomic mass is 16.5. The summed E-state index contributed by atoms with van der Waals surface area (Å²) in [6.45, 7) is 6.92. The molecule has 1 aliphatic heterocycles. The zero-order valence-electron chi connectivity index (χ0n) is 28.8. The average molecular weight is 666 g/mol. The van der Waals surface area contributed by atoms with E-state index in [1.807, 2.05) is 32.2 Å². The van der Waals surface area contributed by atoms with Gasteiger partial charge in [0.05, 0.1) is 24.1 Å². The third-order valence-corrected chi connectivity index (χ3v) is 10.7. The number of carbonyl (C=O) groups is 2. The van der Waals surface area contributed by atoms with E-state index in [1.54, 1.807) is 16.7 Å². The van der Waals surface area contributed by atoms with E-state index in [4.69, 9.17) is 9.51 Å². The molecule has 2 fully saturated rings. The van der Waals surface area contributed by atoms with E-state index < -0.39 is 17.2 Å². The first-order valence-electron chi connectivity index (χ1n) is 17.6. The van der Waals surface area contributed by atoms with E-state index in [0.29, 0.717) is 43.6 Å². The molecule has 1 aromatic heterocycles. The Morgan fingerprint density at radius 3 is 2.35 bits per heavy atom. The number of hydrogen-bond acceptors (Lipinski definition) is 8. The predicted octanol–water partition coefficient (Wildman–Crippen LogP) is 4.21. The van der Waals surface area contributed by atoms with Crippen LogP contribution in [0.25, 0.3) is 5.70 Å². The fraction of sp³-hybridized carbons (Fsp3) is 0.500. The van der Waals surface area contributed by atoms with Gasteiger partial charge in [0.2, 0.25) is 5.91 Å². The Kier molecular flexibility index (Phi) is 10.1. The maximum atomic E-state index is 13.3. The maximum absolute atomic E-state index is 13.3. The normalized spacial score (nSPS) is 21.2. The summed E-state index contributed by atoms with van der Waals surface area (Å²) in [6, 6.07) is 13.8. The van der Waals surface area contributed by atoms with Crippen molar-refractivity contribution in [3.8, 4) is 6.07 Å². The van der Waals surface area contributed by atoms with Crippen molar-refractivity contribution in [3.05, 3.63) is 92.7 Å². The van der Waals surface area contributed by atoms with Crippen LogP contribution in [0, 0.1) is 11.3 Å². The molecular weight excluding hydrogens is 618 g/mol. The number of rotatable bonds is 10. The summed E-state index contributed by atoms with van der Waals surface area (Å²) in [4.78, 5) is 45.8. The van der Waals surface area contributed by atoms with Crippen LogP contribution in [0.4, 0.5) is 0 Å². The van der Waals surface area contributed by atoms with Gasteiger partial charge in [0.25, 0.3) is 5.91 Å². The zero-order valence-corrected chi connectivity index (χ0v) is 28.8. The second kappa shape index (κ2) is 14.4. The molecule has 11 nitrogen and oxygen atoms in total. The minimum absolute atomic E-state index is 0.0117. The number of nitrogens with one attached hydrogen (secondary N) is 3. The number of hydrogen-bond donors (Lipinski definition) is 3. The topological polar surface area (TPSA) is 145 Å². The number of aryl methyl sites for hydroxylation is 2. The van der Waals surface area contributed by atoms with Crippen LogP contribution >= 0.6 is 0 Å². The van der Waals surface area contributed by atoms with Gasteiger partial charge in [-0.1, -0.05) is 44.0 Å². The second-order valence-electron chi connectivity index (χ2n) is 13.7. The van der Waals surface area contributed by atoms with Gasteiger partial charge in [0, 0.05) is 37.9 Å². The Morgan fingerprint density at radius 1 is 1.02 bits per heavy atom. The van der Waals surface area contributed by atoms with Crippen molar-refractivity contribution in [3.63, 3.8) is 0 Å². The van der Waals surface area contributed by atoms with E-state index >= 15 is 0 Å². The van der Waals surface area contributed by atoms with Crippen LogP contribution in [0.15, 0.2) is 52.3 Å². The number of carbonyl (C=O) groups excluding carboxylic acids is 2. The van der Waals surface area contributed by atoms with Gasteiger partial charge in [0.1, 0.15) is 6.04 Å². The molecule has 49 heavy (non-hydrogen) atoms. The molecule has 3 N–H and O–H groups in total. The summed E-state index contributed by atoms with van der Waals surface area (Å²) in [5, 5.41) is 19.0. The number of nitriles is 1. The van der Waals surface area contributed by atoms with Gasteiger partial charge >= 0.3 is 5.76 Å². The molecule has 6 rings (SSSR count). The Bertz CT molecular complexity index is 1760. The summed E-state index contributed by atoms with van der Waals surface area (Å²) in [5.74, 6) is -0.361. The summed E-state index contributed by atoms with van der Waals surface area (Å²) < 4.78 is 7.77. The number of amides is 2. The molecule has 1 saturated carbocycles. The quantitative estimate of drug-likeness (QED) is 0.292. The van der Waals surface area contributed by atoms with E-state index in [2.05, 4.69) is 46.8 Å². The zero-order chi connectivity index (χ0) is 34.7. The first-order chi connectivity index (χ1) is 23.7. The Morgan fingerprint density at radius 2 is 1.69 bits per heavy atom. The van der Waals surface area contributed by atoms with Gasteiger partial charge in [-0.3, -0.25) is 9.59 Å². The highest BCUT2D eigenvalue weighted by Crippen LogP contribution is 2.49. The van der Waals surface area contributed by atoms with Crippen LogP contribution in [0.5, 0.6) is 0 Å². The molecule has 3 atom stereocenters. The number of fused-ring (bicyclic) bond motifs is 2. The van der Waals surface area contributed by atoms with E-state index in [1.165, 1.54) is 0 Å². The summed E-state index contributed by atoms with van der Waals surface area (Å²) >= 11 is 0. The van der Waals surface area contributed by atoms with Gasteiger partial charge in [-0.2, -0.15) is 15.0 Å².